The number of likely N-dealkylation sites (N-methyl/N-ethyl adjacent to an activating group) is 1. The Morgan fingerprint density at radius 2 is 2.00 bits per heavy atom. The number of carbonyl (C=O) groups excluding carboxylic acids is 1. The maximum Gasteiger partial charge on any atom is 0.333 e. The van der Waals surface area contributed by atoms with Crippen molar-refractivity contribution in [1.82, 2.24) is 4.90 Å². The summed E-state index contributed by atoms with van der Waals surface area (Å²) in [5.74, 6) is -0.313. The molecule has 0 bridgehead atoms. The molecule has 0 aliphatic carbocycles. The van der Waals surface area contributed by atoms with E-state index in [2.05, 4.69) is 6.58 Å². The van der Waals surface area contributed by atoms with Crippen LogP contribution >= 0.6 is 0 Å². The normalized spacial score (nSPS) is 9.00. The van der Waals surface area contributed by atoms with Crippen molar-refractivity contribution in [3.05, 3.63) is 12.2 Å². The van der Waals surface area contributed by atoms with Crippen molar-refractivity contribution in [2.24, 2.45) is 0 Å². The molecule has 3 nitrogen and oxygen atoms in total. The van der Waals surface area contributed by atoms with Crippen LogP contribution in [0.5, 0.6) is 0 Å². The number of hydrogen-bond acceptors (Lipinski definition) is 3. The van der Waals surface area contributed by atoms with Crippen molar-refractivity contribution in [1.29, 1.82) is 0 Å². The van der Waals surface area contributed by atoms with Gasteiger partial charge in [0, 0.05) is 12.1 Å². The van der Waals surface area contributed by atoms with Crippen molar-refractivity contribution < 1.29 is 14.2 Å². The molecule has 0 N–H and O–H groups in total. The third-order valence-corrected chi connectivity index (χ3v) is 1.12. The molecule has 12 heavy (non-hydrogen) atoms. The van der Waals surface area contributed by atoms with Crippen LogP contribution in [0.2, 0.25) is 0 Å². The predicted molar refractivity (Wildman–Crippen MR) is 46.8 cm³/mol. The molecule has 4 heteroatoms. The third-order valence-electron chi connectivity index (χ3n) is 1.12. The zero-order valence-electron chi connectivity index (χ0n) is 7.79. The van der Waals surface area contributed by atoms with Crippen LogP contribution in [0.1, 0.15) is 6.92 Å². The van der Waals surface area contributed by atoms with Gasteiger partial charge >= 0.3 is 5.97 Å². The lowest BCUT2D eigenvalue weighted by Gasteiger charge is -2.09. The Kier molecular flexibility index (Phi) is 7.73. The molecule has 0 radical (unpaired) electrons. The quantitative estimate of drug-likeness (QED) is 0.470. The van der Waals surface area contributed by atoms with Crippen LogP contribution in [0, 0.1) is 0 Å². The predicted octanol–water partition coefficient (Wildman–Crippen LogP) is 0.820. The molecule has 0 aromatic carbocycles. The molecule has 0 saturated heterocycles. The average molecular weight is 177 g/mol. The van der Waals surface area contributed by atoms with Gasteiger partial charge in [0.25, 0.3) is 0 Å². The van der Waals surface area contributed by atoms with Gasteiger partial charge in [-0.25, -0.2) is 4.79 Å². The van der Waals surface area contributed by atoms with Crippen LogP contribution in [0.15, 0.2) is 12.2 Å². The van der Waals surface area contributed by atoms with E-state index in [-0.39, 0.29) is 10.7 Å². The van der Waals surface area contributed by atoms with E-state index in [9.17, 15) is 4.79 Å². The van der Waals surface area contributed by atoms with Gasteiger partial charge < -0.3 is 9.64 Å². The van der Waals surface area contributed by atoms with Crippen molar-refractivity contribution in [2.45, 2.75) is 6.92 Å². The number of hydrogen-bond donors (Lipinski definition) is 0. The number of rotatable bonds is 4. The fourth-order valence-corrected chi connectivity index (χ4v) is 0.444. The van der Waals surface area contributed by atoms with Gasteiger partial charge in [0.15, 0.2) is 0 Å². The molecule has 0 aromatic heterocycles. The van der Waals surface area contributed by atoms with Crippen molar-refractivity contribution in [3.8, 4) is 0 Å². The van der Waals surface area contributed by atoms with Crippen molar-refractivity contribution in [2.75, 3.05) is 27.2 Å². The summed E-state index contributed by atoms with van der Waals surface area (Å²) in [4.78, 5) is 12.7. The second-order valence-corrected chi connectivity index (χ2v) is 2.72. The van der Waals surface area contributed by atoms with Gasteiger partial charge in [0.2, 0.25) is 0 Å². The molecule has 0 aromatic rings. The molecule has 0 fully saturated rings. The summed E-state index contributed by atoms with van der Waals surface area (Å²) in [6, 6.07) is 0. The SMILES string of the molecule is C=C(C)C(=O)OCCN(C)C.F. The standard InChI is InChI=1S/C8H15NO2.FH/c1-7(2)8(10)11-6-5-9(3)4;/h1,5-6H2,2-4H3;1H. The maximum atomic E-state index is 10.8. The van der Waals surface area contributed by atoms with Gasteiger partial charge in [-0.3, -0.25) is 4.70 Å². The average Bonchev–Trinajstić information content (AvgIpc) is 1.86. The van der Waals surface area contributed by atoms with Gasteiger partial charge in [0.1, 0.15) is 6.61 Å². The molecular weight excluding hydrogens is 161 g/mol. The highest BCUT2D eigenvalue weighted by molar-refractivity contribution is 5.86. The Labute approximate surface area is 72.4 Å². The Morgan fingerprint density at radius 3 is 2.33 bits per heavy atom. The first-order chi connectivity index (χ1) is 5.04. The largest absolute Gasteiger partial charge is 0.461 e. The summed E-state index contributed by atoms with van der Waals surface area (Å²) in [7, 11) is 3.85. The van der Waals surface area contributed by atoms with Gasteiger partial charge in [0.05, 0.1) is 0 Å². The van der Waals surface area contributed by atoms with E-state index >= 15 is 0 Å². The summed E-state index contributed by atoms with van der Waals surface area (Å²) < 4.78 is 4.83. The van der Waals surface area contributed by atoms with Crippen LogP contribution < -0.4 is 0 Å². The zero-order valence-corrected chi connectivity index (χ0v) is 7.79. The van der Waals surface area contributed by atoms with E-state index in [1.807, 2.05) is 19.0 Å². The third kappa shape index (κ3) is 7.21. The molecular formula is C8H16FNO2. The monoisotopic (exact) mass is 177 g/mol. The summed E-state index contributed by atoms with van der Waals surface area (Å²) >= 11 is 0. The summed E-state index contributed by atoms with van der Waals surface area (Å²) in [6.07, 6.45) is 0. The fourth-order valence-electron chi connectivity index (χ4n) is 0.444. The van der Waals surface area contributed by atoms with Gasteiger partial charge in [-0.2, -0.15) is 0 Å². The molecule has 0 amide bonds. The Morgan fingerprint density at radius 1 is 1.50 bits per heavy atom. The zero-order chi connectivity index (χ0) is 8.85. The van der Waals surface area contributed by atoms with E-state index in [1.54, 1.807) is 6.92 Å². The Hall–Kier alpha value is -0.900. The molecule has 0 atom stereocenters. The van der Waals surface area contributed by atoms with E-state index in [1.165, 1.54) is 0 Å². The highest BCUT2D eigenvalue weighted by Crippen LogP contribution is 1.91. The fraction of sp³-hybridized carbons (Fsp3) is 0.625. The number of nitrogens with zero attached hydrogens (tertiary/aromatic N) is 1. The highest BCUT2D eigenvalue weighted by Gasteiger charge is 2.01. The number of esters is 1. The second-order valence-electron chi connectivity index (χ2n) is 2.72. The van der Waals surface area contributed by atoms with E-state index in [0.717, 1.165) is 6.54 Å². The van der Waals surface area contributed by atoms with Crippen molar-refractivity contribution >= 4 is 5.97 Å². The molecule has 0 aliphatic heterocycles. The Bertz CT molecular complexity index is 157. The topological polar surface area (TPSA) is 29.5 Å². The Balaban J connectivity index is 0. The molecule has 0 aliphatic rings. The van der Waals surface area contributed by atoms with Crippen LogP contribution in [0.4, 0.5) is 4.70 Å². The van der Waals surface area contributed by atoms with E-state index in [4.69, 9.17) is 4.74 Å². The van der Waals surface area contributed by atoms with Crippen LogP contribution in [0.25, 0.3) is 0 Å². The van der Waals surface area contributed by atoms with E-state index in [0.29, 0.717) is 12.2 Å². The van der Waals surface area contributed by atoms with Gasteiger partial charge in [-0.15, -0.1) is 0 Å². The minimum Gasteiger partial charge on any atom is -0.461 e. The lowest BCUT2D eigenvalue weighted by molar-refractivity contribution is -0.139. The van der Waals surface area contributed by atoms with E-state index < -0.39 is 0 Å². The van der Waals surface area contributed by atoms with Crippen LogP contribution in [-0.4, -0.2) is 38.1 Å². The first-order valence-electron chi connectivity index (χ1n) is 3.51. The lowest BCUT2D eigenvalue weighted by Crippen LogP contribution is -2.20. The highest BCUT2D eigenvalue weighted by atomic mass is 19.0. The van der Waals surface area contributed by atoms with Gasteiger partial charge in [-0.1, -0.05) is 6.58 Å². The summed E-state index contributed by atoms with van der Waals surface area (Å²) in [5.41, 5.74) is 0.448. The van der Waals surface area contributed by atoms with Crippen LogP contribution in [0.3, 0.4) is 0 Å². The molecule has 0 saturated carbocycles. The molecule has 0 heterocycles. The number of carbonyl (C=O) groups is 1. The minimum absolute atomic E-state index is 0. The van der Waals surface area contributed by atoms with Crippen LogP contribution in [-0.2, 0) is 9.53 Å². The number of ether oxygens (including phenoxy) is 1. The molecule has 0 spiro atoms. The smallest absolute Gasteiger partial charge is 0.333 e. The summed E-state index contributed by atoms with van der Waals surface area (Å²) in [5, 5.41) is 0. The first kappa shape index (κ1) is 13.7. The summed E-state index contributed by atoms with van der Waals surface area (Å²) in [6.45, 7) is 6.28. The van der Waals surface area contributed by atoms with Gasteiger partial charge in [-0.05, 0) is 21.0 Å². The second kappa shape index (κ2) is 6.79. The number of halogens is 1. The lowest BCUT2D eigenvalue weighted by atomic mass is 10.4. The molecule has 0 rings (SSSR count). The molecule has 72 valence electrons. The maximum absolute atomic E-state index is 10.8. The first-order valence-corrected chi connectivity index (χ1v) is 3.51. The minimum atomic E-state index is -0.313. The molecule has 0 unspecified atom stereocenters. The van der Waals surface area contributed by atoms with Crippen molar-refractivity contribution in [3.63, 3.8) is 0 Å².